The molecule has 146 valence electrons. The topological polar surface area (TPSA) is 75.7 Å². The van der Waals surface area contributed by atoms with Crippen molar-refractivity contribution in [3.63, 3.8) is 0 Å². The Kier molecular flexibility index (Phi) is 6.46. The van der Waals surface area contributed by atoms with Crippen LogP contribution in [-0.4, -0.2) is 30.9 Å². The van der Waals surface area contributed by atoms with Gasteiger partial charge in [0.05, 0.1) is 11.6 Å². The van der Waals surface area contributed by atoms with E-state index in [1.165, 1.54) is 5.56 Å². The normalized spacial score (nSPS) is 16.1. The second-order valence-corrected chi connectivity index (χ2v) is 7.42. The highest BCUT2D eigenvalue weighted by atomic mass is 79.9. The quantitative estimate of drug-likeness (QED) is 0.691. The van der Waals surface area contributed by atoms with Crippen LogP contribution < -0.4 is 10.2 Å². The fourth-order valence-electron chi connectivity index (χ4n) is 3.03. The average molecular weight is 445 g/mol. The van der Waals surface area contributed by atoms with Gasteiger partial charge in [-0.05, 0) is 52.2 Å². The summed E-state index contributed by atoms with van der Waals surface area (Å²) in [6.07, 6.45) is 1.00. The van der Waals surface area contributed by atoms with E-state index in [0.29, 0.717) is 5.69 Å². The first kappa shape index (κ1) is 20.1. The number of hydrogen-bond acceptors (Lipinski definition) is 4. The van der Waals surface area contributed by atoms with Gasteiger partial charge in [0.1, 0.15) is 0 Å². The highest BCUT2D eigenvalue weighted by Gasteiger charge is 2.36. The van der Waals surface area contributed by atoms with E-state index in [9.17, 15) is 14.4 Å². The van der Waals surface area contributed by atoms with Crippen molar-refractivity contribution in [1.29, 1.82) is 0 Å². The van der Waals surface area contributed by atoms with E-state index in [0.717, 1.165) is 16.6 Å². The van der Waals surface area contributed by atoms with Crippen molar-refractivity contribution in [2.75, 3.05) is 23.4 Å². The first-order valence-corrected chi connectivity index (χ1v) is 9.87. The number of carbonyl (C=O) groups is 3. The number of benzene rings is 2. The van der Waals surface area contributed by atoms with Gasteiger partial charge >= 0.3 is 5.97 Å². The van der Waals surface area contributed by atoms with Gasteiger partial charge in [0.2, 0.25) is 5.91 Å². The lowest BCUT2D eigenvalue weighted by Gasteiger charge is -2.17. The summed E-state index contributed by atoms with van der Waals surface area (Å²) < 4.78 is 5.86. The Balaban J connectivity index is 1.52. The summed E-state index contributed by atoms with van der Waals surface area (Å²) in [5.74, 6) is -1.67. The Labute approximate surface area is 172 Å². The summed E-state index contributed by atoms with van der Waals surface area (Å²) in [5.41, 5.74) is 2.55. The van der Waals surface area contributed by atoms with Crippen LogP contribution in [0, 0.1) is 5.92 Å². The predicted octanol–water partition coefficient (Wildman–Crippen LogP) is 3.55. The lowest BCUT2D eigenvalue weighted by molar-refractivity contribution is -0.151. The molecule has 7 heteroatoms. The summed E-state index contributed by atoms with van der Waals surface area (Å²) in [4.78, 5) is 38.2. The number of esters is 1. The lowest BCUT2D eigenvalue weighted by atomic mass is 10.1. The first-order chi connectivity index (χ1) is 13.5. The maximum absolute atomic E-state index is 12.3. The average Bonchev–Trinajstić information content (AvgIpc) is 3.10. The van der Waals surface area contributed by atoms with Gasteiger partial charge in [-0.2, -0.15) is 0 Å². The van der Waals surface area contributed by atoms with Crippen LogP contribution in [-0.2, 0) is 25.5 Å². The third-order valence-electron chi connectivity index (χ3n) is 4.61. The summed E-state index contributed by atoms with van der Waals surface area (Å²) >= 11 is 3.34. The van der Waals surface area contributed by atoms with E-state index in [4.69, 9.17) is 4.74 Å². The molecule has 6 nitrogen and oxygen atoms in total. The molecule has 28 heavy (non-hydrogen) atoms. The Hall–Kier alpha value is -2.67. The van der Waals surface area contributed by atoms with Gasteiger partial charge in [0, 0.05) is 23.1 Å². The van der Waals surface area contributed by atoms with Gasteiger partial charge in [0.25, 0.3) is 5.91 Å². The van der Waals surface area contributed by atoms with E-state index in [2.05, 4.69) is 28.2 Å². The van der Waals surface area contributed by atoms with Gasteiger partial charge in [0.15, 0.2) is 6.61 Å². The van der Waals surface area contributed by atoms with Crippen molar-refractivity contribution in [2.45, 2.75) is 19.8 Å². The molecule has 1 unspecified atom stereocenters. The van der Waals surface area contributed by atoms with Gasteiger partial charge in [-0.3, -0.25) is 14.4 Å². The number of para-hydroxylation sites is 1. The fraction of sp³-hybridized carbons (Fsp3) is 0.286. The van der Waals surface area contributed by atoms with Crippen molar-refractivity contribution in [1.82, 2.24) is 0 Å². The van der Waals surface area contributed by atoms with Gasteiger partial charge in [-0.25, -0.2) is 0 Å². The lowest BCUT2D eigenvalue weighted by Crippen LogP contribution is -2.28. The van der Waals surface area contributed by atoms with Crippen LogP contribution in [0.1, 0.15) is 18.9 Å². The number of anilines is 2. The smallest absolute Gasteiger partial charge is 0.311 e. The van der Waals surface area contributed by atoms with Crippen LogP contribution in [0.2, 0.25) is 0 Å². The molecule has 1 heterocycles. The number of carbonyl (C=O) groups excluding carboxylic acids is 3. The number of rotatable bonds is 6. The maximum Gasteiger partial charge on any atom is 0.311 e. The molecule has 0 aromatic heterocycles. The molecular weight excluding hydrogens is 424 g/mol. The van der Waals surface area contributed by atoms with Crippen LogP contribution in [0.5, 0.6) is 0 Å². The van der Waals surface area contributed by atoms with Crippen LogP contribution in [0.15, 0.2) is 53.0 Å². The number of amides is 2. The van der Waals surface area contributed by atoms with E-state index >= 15 is 0 Å². The fourth-order valence-corrected chi connectivity index (χ4v) is 3.41. The Morgan fingerprint density at radius 2 is 1.89 bits per heavy atom. The highest BCUT2D eigenvalue weighted by molar-refractivity contribution is 9.10. The van der Waals surface area contributed by atoms with Crippen LogP contribution in [0.25, 0.3) is 0 Å². The van der Waals surface area contributed by atoms with Crippen LogP contribution in [0.3, 0.4) is 0 Å². The summed E-state index contributed by atoms with van der Waals surface area (Å²) in [5, 5.41) is 2.67. The molecule has 1 aliphatic heterocycles. The highest BCUT2D eigenvalue weighted by Crippen LogP contribution is 2.26. The number of aryl methyl sites for hydroxylation is 1. The Morgan fingerprint density at radius 3 is 2.57 bits per heavy atom. The second-order valence-electron chi connectivity index (χ2n) is 6.56. The molecular formula is C21H21BrN2O4. The first-order valence-electron chi connectivity index (χ1n) is 9.08. The zero-order valence-electron chi connectivity index (χ0n) is 15.5. The standard InChI is InChI=1S/C21H21BrN2O4/c1-2-14-7-9-16(10-8-14)24-12-15(11-20(24)26)21(27)28-13-19(25)23-18-6-4-3-5-17(18)22/h3-10,15H,2,11-13H2,1H3,(H,23,25). The van der Waals surface area contributed by atoms with Gasteiger partial charge in [-0.15, -0.1) is 0 Å². The minimum absolute atomic E-state index is 0.0835. The third kappa shape index (κ3) is 4.78. The molecule has 2 aromatic carbocycles. The van der Waals surface area contributed by atoms with Crippen molar-refractivity contribution in [2.24, 2.45) is 5.92 Å². The van der Waals surface area contributed by atoms with E-state index in [1.54, 1.807) is 23.1 Å². The molecule has 0 bridgehead atoms. The monoisotopic (exact) mass is 444 g/mol. The van der Waals surface area contributed by atoms with E-state index in [1.807, 2.05) is 30.3 Å². The number of ether oxygens (including phenoxy) is 1. The molecule has 0 spiro atoms. The number of hydrogen-bond donors (Lipinski definition) is 1. The molecule has 2 aromatic rings. The summed E-state index contributed by atoms with van der Waals surface area (Å²) in [6.45, 7) is 1.93. The van der Waals surface area contributed by atoms with E-state index < -0.39 is 24.4 Å². The molecule has 1 fully saturated rings. The van der Waals surface area contributed by atoms with Crippen molar-refractivity contribution < 1.29 is 19.1 Å². The number of halogens is 1. The SMILES string of the molecule is CCc1ccc(N2CC(C(=O)OCC(=O)Nc3ccccc3Br)CC2=O)cc1. The molecule has 1 atom stereocenters. The molecule has 1 saturated heterocycles. The molecule has 0 saturated carbocycles. The largest absolute Gasteiger partial charge is 0.455 e. The molecule has 1 aliphatic rings. The molecule has 0 radical (unpaired) electrons. The van der Waals surface area contributed by atoms with Gasteiger partial charge in [-0.1, -0.05) is 31.2 Å². The van der Waals surface area contributed by atoms with Gasteiger partial charge < -0.3 is 15.0 Å². The van der Waals surface area contributed by atoms with E-state index in [-0.39, 0.29) is 18.9 Å². The molecule has 0 aliphatic carbocycles. The third-order valence-corrected chi connectivity index (χ3v) is 5.30. The molecule has 1 N–H and O–H groups in total. The number of nitrogens with zero attached hydrogens (tertiary/aromatic N) is 1. The molecule has 2 amide bonds. The zero-order chi connectivity index (χ0) is 20.1. The minimum Gasteiger partial charge on any atom is -0.455 e. The van der Waals surface area contributed by atoms with Crippen LogP contribution in [0.4, 0.5) is 11.4 Å². The second kappa shape index (κ2) is 9.01. The predicted molar refractivity (Wildman–Crippen MR) is 110 cm³/mol. The summed E-state index contributed by atoms with van der Waals surface area (Å²) in [6, 6.07) is 14.9. The summed E-state index contributed by atoms with van der Waals surface area (Å²) in [7, 11) is 0. The minimum atomic E-state index is -0.574. The Morgan fingerprint density at radius 1 is 1.18 bits per heavy atom. The maximum atomic E-state index is 12.3. The van der Waals surface area contributed by atoms with Crippen molar-refractivity contribution >= 4 is 45.1 Å². The van der Waals surface area contributed by atoms with Crippen molar-refractivity contribution in [3.8, 4) is 0 Å². The zero-order valence-corrected chi connectivity index (χ0v) is 17.1. The van der Waals surface area contributed by atoms with Crippen molar-refractivity contribution in [3.05, 3.63) is 58.6 Å². The molecule has 3 rings (SSSR count). The number of nitrogens with one attached hydrogen (secondary N) is 1. The van der Waals surface area contributed by atoms with Crippen LogP contribution >= 0.6 is 15.9 Å². The Bertz CT molecular complexity index is 882.